The third-order valence-corrected chi connectivity index (χ3v) is 4.83. The lowest BCUT2D eigenvalue weighted by atomic mass is 10.1. The molecule has 1 aromatic rings. The third-order valence-electron chi connectivity index (χ3n) is 3.76. The molecule has 25 heavy (non-hydrogen) atoms. The van der Waals surface area contributed by atoms with Crippen molar-refractivity contribution in [1.29, 1.82) is 0 Å². The molecule has 0 amide bonds. The molecule has 0 N–H and O–H groups in total. The predicted octanol–water partition coefficient (Wildman–Crippen LogP) is 1.24. The smallest absolute Gasteiger partial charge is 0.453 e. The molecule has 0 aromatic heterocycles. The van der Waals surface area contributed by atoms with E-state index >= 15 is 0 Å². The second-order valence-electron chi connectivity index (χ2n) is 5.44. The summed E-state index contributed by atoms with van der Waals surface area (Å²) in [6.07, 6.45) is -4.32. The molecule has 3 rings (SSSR count). The molecular weight excluding hydrogens is 369 g/mol. The first-order valence-electron chi connectivity index (χ1n) is 7.18. The summed E-state index contributed by atoms with van der Waals surface area (Å²) in [5, 5.41) is 0. The largest absolute Gasteiger partial charge is 0.523 e. The van der Waals surface area contributed by atoms with Crippen LogP contribution in [0.5, 0.6) is 0 Å². The highest BCUT2D eigenvalue weighted by molar-refractivity contribution is 7.87. The molecule has 2 heterocycles. The molecule has 0 aliphatic carbocycles. The maximum atomic E-state index is 12.4. The van der Waals surface area contributed by atoms with E-state index in [0.717, 1.165) is 0 Å². The molecule has 11 heteroatoms. The lowest BCUT2D eigenvalue weighted by Crippen LogP contribution is -2.38. The quantitative estimate of drug-likeness (QED) is 0.440. The van der Waals surface area contributed by atoms with Crippen molar-refractivity contribution in [1.82, 2.24) is 0 Å². The molecule has 2 aliphatic rings. The van der Waals surface area contributed by atoms with Gasteiger partial charge in [-0.1, -0.05) is 18.2 Å². The van der Waals surface area contributed by atoms with E-state index in [1.54, 1.807) is 18.2 Å². The van der Waals surface area contributed by atoms with Crippen LogP contribution in [0.4, 0.5) is 13.2 Å². The highest BCUT2D eigenvalue weighted by Gasteiger charge is 2.55. The molecule has 2 unspecified atom stereocenters. The van der Waals surface area contributed by atoms with Gasteiger partial charge in [-0.05, 0) is 12.1 Å². The molecular formula is C14H13F3O7S. The lowest BCUT2D eigenvalue weighted by Gasteiger charge is -2.17. The van der Waals surface area contributed by atoms with Crippen LogP contribution in [0.3, 0.4) is 0 Å². The van der Waals surface area contributed by atoms with E-state index in [0.29, 0.717) is 0 Å². The van der Waals surface area contributed by atoms with E-state index in [1.165, 1.54) is 12.1 Å². The summed E-state index contributed by atoms with van der Waals surface area (Å²) in [5.74, 6) is -0.647. The van der Waals surface area contributed by atoms with Crippen LogP contribution in [-0.2, 0) is 28.5 Å². The summed E-state index contributed by atoms with van der Waals surface area (Å²) in [5.41, 5.74) is -5.25. The van der Waals surface area contributed by atoms with Gasteiger partial charge in [-0.3, -0.25) is 4.18 Å². The maximum Gasteiger partial charge on any atom is 0.523 e. The van der Waals surface area contributed by atoms with Crippen molar-refractivity contribution in [2.24, 2.45) is 0 Å². The summed E-state index contributed by atoms with van der Waals surface area (Å²) in [6, 6.07) is 8.07. The number of carbonyl (C=O) groups is 1. The van der Waals surface area contributed by atoms with Gasteiger partial charge in [0.05, 0.1) is 18.8 Å². The van der Waals surface area contributed by atoms with E-state index in [4.69, 9.17) is 14.2 Å². The van der Waals surface area contributed by atoms with Gasteiger partial charge in [-0.15, -0.1) is 0 Å². The summed E-state index contributed by atoms with van der Waals surface area (Å²) in [4.78, 5) is 12.0. The van der Waals surface area contributed by atoms with Crippen LogP contribution >= 0.6 is 0 Å². The van der Waals surface area contributed by atoms with E-state index in [1.807, 2.05) is 0 Å². The van der Waals surface area contributed by atoms with Crippen molar-refractivity contribution in [2.45, 2.75) is 29.9 Å². The Balaban J connectivity index is 1.64. The van der Waals surface area contributed by atoms with Crippen LogP contribution in [0.15, 0.2) is 30.3 Å². The number of ether oxygens (including phenoxy) is 3. The Morgan fingerprint density at radius 1 is 1.04 bits per heavy atom. The number of hydrogen-bond acceptors (Lipinski definition) is 7. The van der Waals surface area contributed by atoms with Gasteiger partial charge in [0.15, 0.2) is 6.10 Å². The van der Waals surface area contributed by atoms with Crippen LogP contribution in [0.25, 0.3) is 0 Å². The Bertz CT molecular complexity index is 735. The third kappa shape index (κ3) is 3.64. The molecule has 0 radical (unpaired) electrons. The Morgan fingerprint density at radius 2 is 1.60 bits per heavy atom. The van der Waals surface area contributed by atoms with Gasteiger partial charge in [-0.2, -0.15) is 21.6 Å². The number of rotatable bonds is 4. The Labute approximate surface area is 140 Å². The maximum absolute atomic E-state index is 12.4. The minimum absolute atomic E-state index is 0.139. The molecule has 2 saturated heterocycles. The van der Waals surface area contributed by atoms with Crippen molar-refractivity contribution >= 4 is 16.1 Å². The summed E-state index contributed by atoms with van der Waals surface area (Å²) < 4.78 is 79.3. The highest BCUT2D eigenvalue weighted by atomic mass is 32.2. The van der Waals surface area contributed by atoms with Crippen molar-refractivity contribution in [2.75, 3.05) is 13.2 Å². The monoisotopic (exact) mass is 382 g/mol. The van der Waals surface area contributed by atoms with Crippen LogP contribution < -0.4 is 0 Å². The van der Waals surface area contributed by atoms with Gasteiger partial charge in [0.2, 0.25) is 0 Å². The first-order chi connectivity index (χ1) is 11.7. The lowest BCUT2D eigenvalue weighted by molar-refractivity contribution is -0.0632. The van der Waals surface area contributed by atoms with E-state index < -0.39 is 52.6 Å². The molecule has 0 saturated carbocycles. The molecule has 2 aliphatic heterocycles. The second-order valence-corrected chi connectivity index (χ2v) is 7.00. The number of alkyl halides is 3. The van der Waals surface area contributed by atoms with Gasteiger partial charge in [0.1, 0.15) is 18.3 Å². The minimum Gasteiger partial charge on any atom is -0.453 e. The van der Waals surface area contributed by atoms with Gasteiger partial charge in [0.25, 0.3) is 0 Å². The molecule has 4 atom stereocenters. The molecule has 0 bridgehead atoms. The van der Waals surface area contributed by atoms with Gasteiger partial charge in [-0.25, -0.2) is 4.79 Å². The number of benzene rings is 1. The first-order valence-corrected chi connectivity index (χ1v) is 8.58. The number of esters is 1. The zero-order valence-corrected chi connectivity index (χ0v) is 13.3. The summed E-state index contributed by atoms with van der Waals surface area (Å²) >= 11 is 0. The van der Waals surface area contributed by atoms with Crippen LogP contribution in [0.1, 0.15) is 10.4 Å². The molecule has 7 nitrogen and oxygen atoms in total. The average Bonchev–Trinajstić information content (AvgIpc) is 3.11. The van der Waals surface area contributed by atoms with Crippen LogP contribution in [-0.4, -0.2) is 57.5 Å². The normalized spacial score (nSPS) is 29.4. The van der Waals surface area contributed by atoms with Crippen LogP contribution in [0, 0.1) is 0 Å². The van der Waals surface area contributed by atoms with Crippen molar-refractivity contribution in [3.63, 3.8) is 0 Å². The van der Waals surface area contributed by atoms with Crippen molar-refractivity contribution in [3.8, 4) is 0 Å². The SMILES string of the molecule is O=C(O[C@@H]1COC2C1OC[C@@H]2OS(=O)(=O)C(F)(F)F)c1ccccc1. The van der Waals surface area contributed by atoms with Crippen molar-refractivity contribution in [3.05, 3.63) is 35.9 Å². The summed E-state index contributed by atoms with van der Waals surface area (Å²) in [6.45, 7) is -0.566. The van der Waals surface area contributed by atoms with E-state index in [-0.39, 0.29) is 12.2 Å². The Hall–Kier alpha value is -1.69. The molecule has 1 aromatic carbocycles. The fraction of sp³-hybridized carbons (Fsp3) is 0.500. The predicted molar refractivity (Wildman–Crippen MR) is 75.0 cm³/mol. The second kappa shape index (κ2) is 6.56. The number of hydrogen-bond donors (Lipinski definition) is 0. The average molecular weight is 382 g/mol. The van der Waals surface area contributed by atoms with Crippen molar-refractivity contribution < 1.29 is 44.8 Å². The fourth-order valence-corrected chi connectivity index (χ4v) is 3.21. The number of fused-ring (bicyclic) bond motifs is 1. The molecule has 138 valence electrons. The Kier molecular flexibility index (Phi) is 4.75. The first kappa shape index (κ1) is 18.1. The van der Waals surface area contributed by atoms with E-state index in [2.05, 4.69) is 4.18 Å². The van der Waals surface area contributed by atoms with Gasteiger partial charge in [0, 0.05) is 0 Å². The summed E-state index contributed by atoms with van der Waals surface area (Å²) in [7, 11) is -5.77. The van der Waals surface area contributed by atoms with E-state index in [9.17, 15) is 26.4 Å². The fourth-order valence-electron chi connectivity index (χ4n) is 2.61. The number of halogens is 3. The minimum atomic E-state index is -5.77. The van der Waals surface area contributed by atoms with Gasteiger partial charge < -0.3 is 14.2 Å². The van der Waals surface area contributed by atoms with Gasteiger partial charge >= 0.3 is 21.6 Å². The number of carbonyl (C=O) groups excluding carboxylic acids is 1. The molecule has 0 spiro atoms. The van der Waals surface area contributed by atoms with Crippen LogP contribution in [0.2, 0.25) is 0 Å². The zero-order chi connectivity index (χ0) is 18.2. The molecule has 2 fully saturated rings. The zero-order valence-electron chi connectivity index (χ0n) is 12.5. The Morgan fingerprint density at radius 3 is 2.20 bits per heavy atom. The topological polar surface area (TPSA) is 88.1 Å². The standard InChI is InChI=1S/C14H13F3O7S/c15-14(16,17)25(19,20)24-10-7-22-11-9(6-21-12(10)11)23-13(18)8-4-2-1-3-5-8/h1-5,9-12H,6-7H2/t9-,10+,11?,12?/m1/s1. The highest BCUT2D eigenvalue weighted by Crippen LogP contribution is 2.34.